The van der Waals surface area contributed by atoms with Crippen LogP contribution in [0.5, 0.6) is 0 Å². The van der Waals surface area contributed by atoms with Crippen LogP contribution in [-0.2, 0) is 4.74 Å². The molecule has 0 saturated carbocycles. The van der Waals surface area contributed by atoms with E-state index >= 15 is 0 Å². The Morgan fingerprint density at radius 2 is 1.72 bits per heavy atom. The predicted octanol–water partition coefficient (Wildman–Crippen LogP) is 4.22. The van der Waals surface area contributed by atoms with Crippen LogP contribution in [0.3, 0.4) is 0 Å². The third-order valence-electron chi connectivity index (χ3n) is 5.05. The summed E-state index contributed by atoms with van der Waals surface area (Å²) >= 11 is 0. The van der Waals surface area contributed by atoms with Crippen molar-refractivity contribution in [1.82, 2.24) is 0 Å². The second kappa shape index (κ2) is 7.70. The second-order valence-electron chi connectivity index (χ2n) is 6.85. The molecule has 9 heteroatoms. The molecular weight excluding hydrogens is 376 g/mol. The van der Waals surface area contributed by atoms with Crippen LogP contribution >= 0.6 is 0 Å². The lowest BCUT2D eigenvalue weighted by Gasteiger charge is -2.19. The summed E-state index contributed by atoms with van der Waals surface area (Å²) in [5, 5.41) is 27.1. The minimum absolute atomic E-state index is 0.0669. The van der Waals surface area contributed by atoms with E-state index in [9.17, 15) is 20.2 Å². The lowest BCUT2D eigenvalue weighted by Crippen LogP contribution is -2.27. The number of nitrogens with zero attached hydrogens (tertiary/aromatic N) is 3. The summed E-state index contributed by atoms with van der Waals surface area (Å²) in [6.07, 6.45) is 0.774. The van der Waals surface area contributed by atoms with Crippen molar-refractivity contribution in [3.63, 3.8) is 0 Å². The fourth-order valence-electron chi connectivity index (χ4n) is 3.74. The predicted molar refractivity (Wildman–Crippen MR) is 106 cm³/mol. The zero-order chi connectivity index (χ0) is 20.4. The molecule has 9 nitrogen and oxygen atoms in total. The summed E-state index contributed by atoms with van der Waals surface area (Å²) in [5.74, 6) is -0.0904. The van der Waals surface area contributed by atoms with Crippen molar-refractivity contribution in [2.45, 2.75) is 31.4 Å². The van der Waals surface area contributed by atoms with Gasteiger partial charge in [0.2, 0.25) is 0 Å². The largest absolute Gasteiger partial charge is 0.433 e. The molecule has 2 atom stereocenters. The van der Waals surface area contributed by atoms with Gasteiger partial charge in [0.15, 0.2) is 0 Å². The minimum Gasteiger partial charge on any atom is -0.433 e. The number of rotatable bonds is 5. The number of para-hydroxylation sites is 1. The highest BCUT2D eigenvalue weighted by molar-refractivity contribution is 6.03. The van der Waals surface area contributed by atoms with E-state index in [1.165, 1.54) is 12.1 Å². The monoisotopic (exact) mass is 394 g/mol. The summed E-state index contributed by atoms with van der Waals surface area (Å²) in [6.45, 7) is 0. The molecule has 1 heterocycles. The highest BCUT2D eigenvalue weighted by Crippen LogP contribution is 2.44. The first kappa shape index (κ1) is 18.6. The number of nitro groups is 2. The van der Waals surface area contributed by atoms with E-state index in [0.29, 0.717) is 35.4 Å². The number of allylic oxidation sites excluding steroid dienone is 1. The molecule has 148 valence electrons. The van der Waals surface area contributed by atoms with Gasteiger partial charge in [-0.05, 0) is 30.5 Å². The number of anilines is 1. The van der Waals surface area contributed by atoms with Gasteiger partial charge in [-0.25, -0.2) is 0 Å². The van der Waals surface area contributed by atoms with Gasteiger partial charge in [0, 0.05) is 24.1 Å². The Hall–Kier alpha value is -3.75. The van der Waals surface area contributed by atoms with E-state index in [0.717, 1.165) is 12.1 Å². The van der Waals surface area contributed by atoms with Gasteiger partial charge < -0.3 is 4.74 Å². The lowest BCUT2D eigenvalue weighted by molar-refractivity contribution is -0.570. The fourth-order valence-corrected chi connectivity index (χ4v) is 3.74. The molecule has 0 aromatic heterocycles. The molecule has 0 amide bonds. The molecule has 1 aliphatic heterocycles. The summed E-state index contributed by atoms with van der Waals surface area (Å²) in [6, 6.07) is 15.2. The van der Waals surface area contributed by atoms with Crippen molar-refractivity contribution < 1.29 is 14.6 Å². The summed E-state index contributed by atoms with van der Waals surface area (Å²) < 4.78 is 5.69. The van der Waals surface area contributed by atoms with Gasteiger partial charge in [0.1, 0.15) is 11.7 Å². The molecule has 0 spiro atoms. The molecule has 0 radical (unpaired) electrons. The zero-order valence-corrected chi connectivity index (χ0v) is 15.4. The zero-order valence-electron chi connectivity index (χ0n) is 15.4. The molecule has 0 bridgehead atoms. The Morgan fingerprint density at radius 3 is 2.38 bits per heavy atom. The Labute approximate surface area is 166 Å². The van der Waals surface area contributed by atoms with Crippen molar-refractivity contribution in [2.75, 3.05) is 5.43 Å². The summed E-state index contributed by atoms with van der Waals surface area (Å²) in [4.78, 5) is 21.7. The molecular formula is C20H18N4O5. The van der Waals surface area contributed by atoms with Crippen LogP contribution < -0.4 is 5.43 Å². The average Bonchev–Trinajstić information content (AvgIpc) is 3.13. The number of nitro benzene ring substituents is 1. The van der Waals surface area contributed by atoms with E-state index in [-0.39, 0.29) is 5.69 Å². The molecule has 0 saturated heterocycles. The van der Waals surface area contributed by atoms with Gasteiger partial charge in [-0.3, -0.25) is 25.7 Å². The Morgan fingerprint density at radius 1 is 1.00 bits per heavy atom. The Kier molecular flexibility index (Phi) is 4.94. The van der Waals surface area contributed by atoms with Gasteiger partial charge in [-0.15, -0.1) is 0 Å². The van der Waals surface area contributed by atoms with E-state index in [1.54, 1.807) is 12.1 Å². The normalized spacial score (nSPS) is 22.1. The van der Waals surface area contributed by atoms with Gasteiger partial charge in [0.25, 0.3) is 5.69 Å². The van der Waals surface area contributed by atoms with Crippen LogP contribution in [0.25, 0.3) is 0 Å². The molecule has 2 aromatic carbocycles. The number of hydrazone groups is 1. The quantitative estimate of drug-likeness (QED) is 0.599. The van der Waals surface area contributed by atoms with Gasteiger partial charge in [-0.1, -0.05) is 30.3 Å². The first-order valence-corrected chi connectivity index (χ1v) is 9.20. The van der Waals surface area contributed by atoms with Crippen molar-refractivity contribution in [1.29, 1.82) is 0 Å². The third-order valence-corrected chi connectivity index (χ3v) is 5.05. The maximum absolute atomic E-state index is 11.7. The van der Waals surface area contributed by atoms with Gasteiger partial charge in [0.05, 0.1) is 21.2 Å². The Balaban J connectivity index is 1.71. The first-order valence-electron chi connectivity index (χ1n) is 9.20. The van der Waals surface area contributed by atoms with Gasteiger partial charge >= 0.3 is 6.23 Å². The van der Waals surface area contributed by atoms with Crippen molar-refractivity contribution in [3.8, 4) is 0 Å². The molecule has 2 aromatic rings. The highest BCUT2D eigenvalue weighted by atomic mass is 16.7. The first-order chi connectivity index (χ1) is 14.0. The third kappa shape index (κ3) is 3.66. The van der Waals surface area contributed by atoms with Gasteiger partial charge in [-0.2, -0.15) is 5.10 Å². The van der Waals surface area contributed by atoms with Crippen molar-refractivity contribution >= 4 is 17.1 Å². The maximum atomic E-state index is 11.7. The SMILES string of the molecule is O=[N+]([O-])c1ccc([C@H]2C3=C(CCC/C3=N/Nc3ccccc3)O[C@@H]2[N+](=O)[O-])cc1. The van der Waals surface area contributed by atoms with Crippen LogP contribution in [0, 0.1) is 20.2 Å². The number of ether oxygens (including phenoxy) is 1. The van der Waals surface area contributed by atoms with Crippen LogP contribution in [0.1, 0.15) is 30.7 Å². The molecule has 0 fully saturated rings. The van der Waals surface area contributed by atoms with E-state index in [2.05, 4.69) is 10.5 Å². The highest BCUT2D eigenvalue weighted by Gasteiger charge is 2.48. The van der Waals surface area contributed by atoms with Crippen molar-refractivity contribution in [2.24, 2.45) is 5.10 Å². The van der Waals surface area contributed by atoms with Crippen LogP contribution in [-0.4, -0.2) is 21.8 Å². The minimum atomic E-state index is -1.28. The summed E-state index contributed by atoms with van der Waals surface area (Å²) in [7, 11) is 0. The average molecular weight is 394 g/mol. The maximum Gasteiger partial charge on any atom is 0.364 e. The van der Waals surface area contributed by atoms with Crippen LogP contribution in [0.4, 0.5) is 11.4 Å². The number of benzene rings is 2. The number of non-ortho nitro benzene ring substituents is 1. The number of hydrogen-bond acceptors (Lipinski definition) is 7. The molecule has 1 aliphatic carbocycles. The standard InChI is InChI=1S/C20H18N4O5/c25-23(26)15-11-9-13(10-12-15)18-19-16(22-21-14-5-2-1-3-6-14)7-4-8-17(19)29-20(18)24(27)28/h1-3,5-6,9-12,18,20-21H,4,7-8H2/b22-16-/t18-,20-/m0/s1. The van der Waals surface area contributed by atoms with Crippen LogP contribution in [0.15, 0.2) is 71.0 Å². The number of nitrogens with one attached hydrogen (secondary N) is 1. The number of hydrogen-bond donors (Lipinski definition) is 1. The van der Waals surface area contributed by atoms with Crippen LogP contribution in [0.2, 0.25) is 0 Å². The molecule has 4 rings (SSSR count). The van der Waals surface area contributed by atoms with E-state index in [4.69, 9.17) is 4.74 Å². The summed E-state index contributed by atoms with van der Waals surface area (Å²) in [5.41, 5.74) is 5.76. The van der Waals surface area contributed by atoms with Crippen molar-refractivity contribution in [3.05, 3.63) is 91.7 Å². The van der Waals surface area contributed by atoms with E-state index in [1.807, 2.05) is 30.3 Å². The second-order valence-corrected chi connectivity index (χ2v) is 6.85. The van der Waals surface area contributed by atoms with E-state index < -0.39 is 22.0 Å². The molecule has 29 heavy (non-hydrogen) atoms. The smallest absolute Gasteiger partial charge is 0.364 e. The fraction of sp³-hybridized carbons (Fsp3) is 0.250. The topological polar surface area (TPSA) is 120 Å². The Bertz CT molecular complexity index is 1000. The molecule has 0 unspecified atom stereocenters. The lowest BCUT2D eigenvalue weighted by atomic mass is 9.83. The molecule has 2 aliphatic rings. The molecule has 1 N–H and O–H groups in total.